The number of carbonyl (C=O) groups excluding carboxylic acids is 1. The Morgan fingerprint density at radius 3 is 2.43 bits per heavy atom. The second kappa shape index (κ2) is 9.27. The first kappa shape index (κ1) is 19.8. The number of aryl methyl sites for hydroxylation is 1. The van der Waals surface area contributed by atoms with Crippen molar-refractivity contribution in [2.45, 2.75) is 18.6 Å². The highest BCUT2D eigenvalue weighted by Gasteiger charge is 2.11. The average Bonchev–Trinajstić information content (AvgIpc) is 3.06. The van der Waals surface area contributed by atoms with Gasteiger partial charge in [-0.05, 0) is 43.3 Å². The fourth-order valence-corrected chi connectivity index (χ4v) is 3.21. The number of methoxy groups -OCH3 is 1. The molecule has 146 valence electrons. The molecule has 0 radical (unpaired) electrons. The van der Waals surface area contributed by atoms with E-state index in [1.54, 1.807) is 7.11 Å². The van der Waals surface area contributed by atoms with Crippen LogP contribution in [0.5, 0.6) is 5.75 Å². The minimum atomic E-state index is -0.0743. The van der Waals surface area contributed by atoms with Gasteiger partial charge in [-0.2, -0.15) is 0 Å². The first-order chi connectivity index (χ1) is 13.5. The summed E-state index contributed by atoms with van der Waals surface area (Å²) in [5, 5.41) is 15.3. The number of ether oxygens (including phenoxy) is 1. The van der Waals surface area contributed by atoms with Gasteiger partial charge in [-0.15, -0.1) is 10.2 Å². The molecule has 7 nitrogen and oxygen atoms in total. The minimum Gasteiger partial charge on any atom is -0.497 e. The molecule has 8 heteroatoms. The lowest BCUT2D eigenvalue weighted by molar-refractivity contribution is -0.113. The van der Waals surface area contributed by atoms with Crippen molar-refractivity contribution in [3.05, 3.63) is 59.9 Å². The lowest BCUT2D eigenvalue weighted by Crippen LogP contribution is -2.14. The molecular weight excluding hydrogens is 374 g/mol. The Hall–Kier alpha value is -3.00. The maximum atomic E-state index is 12.1. The van der Waals surface area contributed by atoms with E-state index in [-0.39, 0.29) is 11.7 Å². The highest BCUT2D eigenvalue weighted by atomic mass is 32.2. The molecule has 3 aromatic rings. The summed E-state index contributed by atoms with van der Waals surface area (Å²) in [5.41, 5.74) is 2.91. The predicted octanol–water partition coefficient (Wildman–Crippen LogP) is 3.48. The number of aromatic nitrogens is 3. The van der Waals surface area contributed by atoms with Gasteiger partial charge in [-0.3, -0.25) is 4.79 Å². The molecule has 0 spiro atoms. The molecule has 28 heavy (non-hydrogen) atoms. The summed E-state index contributed by atoms with van der Waals surface area (Å²) in [5.74, 6) is 1.80. The van der Waals surface area contributed by atoms with E-state index in [0.29, 0.717) is 11.7 Å². The van der Waals surface area contributed by atoms with Crippen LogP contribution in [0.15, 0.2) is 53.7 Å². The monoisotopic (exact) mass is 397 g/mol. The van der Waals surface area contributed by atoms with Gasteiger partial charge in [0, 0.05) is 18.4 Å². The molecule has 0 aliphatic rings. The number of rotatable bonds is 8. The van der Waals surface area contributed by atoms with Gasteiger partial charge in [-0.25, -0.2) is 0 Å². The number of nitrogens with one attached hydrogen (secondary N) is 2. The SMILES string of the molecule is COc1ccc(NCc2nnc(SCC(=O)Nc3ccc(C)cc3)n2C)cc1. The number of anilines is 2. The second-order valence-electron chi connectivity index (χ2n) is 6.24. The maximum Gasteiger partial charge on any atom is 0.234 e. The third-order valence-corrected chi connectivity index (χ3v) is 5.15. The molecule has 0 aliphatic carbocycles. The zero-order valence-corrected chi connectivity index (χ0v) is 16.9. The van der Waals surface area contributed by atoms with Gasteiger partial charge in [0.2, 0.25) is 5.91 Å². The quantitative estimate of drug-likeness (QED) is 0.567. The zero-order valence-electron chi connectivity index (χ0n) is 16.1. The molecule has 0 aliphatic heterocycles. The molecule has 2 N–H and O–H groups in total. The molecule has 0 fully saturated rings. The number of thioether (sulfide) groups is 1. The average molecular weight is 398 g/mol. The fourth-order valence-electron chi connectivity index (χ4n) is 2.48. The Balaban J connectivity index is 1.50. The standard InChI is InChI=1S/C20H23N5O2S/c1-14-4-6-16(7-5-14)22-19(26)13-28-20-24-23-18(25(20)2)12-21-15-8-10-17(27-3)11-9-15/h4-11,21H,12-13H2,1-3H3,(H,22,26). The van der Waals surface area contributed by atoms with Crippen LogP contribution < -0.4 is 15.4 Å². The lowest BCUT2D eigenvalue weighted by Gasteiger charge is -2.08. The van der Waals surface area contributed by atoms with Crippen LogP contribution in [0.2, 0.25) is 0 Å². The van der Waals surface area contributed by atoms with Gasteiger partial charge >= 0.3 is 0 Å². The van der Waals surface area contributed by atoms with E-state index in [1.807, 2.05) is 67.1 Å². The number of hydrogen-bond acceptors (Lipinski definition) is 6. The Kier molecular flexibility index (Phi) is 6.54. The van der Waals surface area contributed by atoms with Gasteiger partial charge < -0.3 is 19.9 Å². The molecular formula is C20H23N5O2S. The number of carbonyl (C=O) groups is 1. The zero-order chi connectivity index (χ0) is 19.9. The Morgan fingerprint density at radius 1 is 1.07 bits per heavy atom. The van der Waals surface area contributed by atoms with Crippen molar-refractivity contribution in [2.75, 3.05) is 23.5 Å². The molecule has 0 unspecified atom stereocenters. The van der Waals surface area contributed by atoms with Crippen molar-refractivity contribution >= 4 is 29.0 Å². The fraction of sp³-hybridized carbons (Fsp3) is 0.250. The van der Waals surface area contributed by atoms with Crippen molar-refractivity contribution in [3.63, 3.8) is 0 Å². The second-order valence-corrected chi connectivity index (χ2v) is 7.19. The summed E-state index contributed by atoms with van der Waals surface area (Å²) in [6, 6.07) is 15.4. The van der Waals surface area contributed by atoms with E-state index in [2.05, 4.69) is 20.8 Å². The van der Waals surface area contributed by atoms with Gasteiger partial charge in [-0.1, -0.05) is 29.5 Å². The normalized spacial score (nSPS) is 10.5. The molecule has 0 saturated carbocycles. The van der Waals surface area contributed by atoms with E-state index in [1.165, 1.54) is 11.8 Å². The van der Waals surface area contributed by atoms with Crippen LogP contribution in [0.1, 0.15) is 11.4 Å². The third kappa shape index (κ3) is 5.26. The molecule has 0 saturated heterocycles. The van der Waals surface area contributed by atoms with E-state index in [4.69, 9.17) is 4.74 Å². The molecule has 3 rings (SSSR count). The lowest BCUT2D eigenvalue weighted by atomic mass is 10.2. The van der Waals surface area contributed by atoms with Crippen molar-refractivity contribution in [1.82, 2.24) is 14.8 Å². The van der Waals surface area contributed by atoms with Crippen LogP contribution in [-0.4, -0.2) is 33.5 Å². The van der Waals surface area contributed by atoms with Crippen molar-refractivity contribution in [3.8, 4) is 5.75 Å². The Bertz CT molecular complexity index is 923. The molecule has 0 atom stereocenters. The van der Waals surface area contributed by atoms with E-state index in [9.17, 15) is 4.79 Å². The molecule has 1 heterocycles. The van der Waals surface area contributed by atoms with Gasteiger partial charge in [0.1, 0.15) is 5.75 Å². The van der Waals surface area contributed by atoms with E-state index >= 15 is 0 Å². The smallest absolute Gasteiger partial charge is 0.234 e. The number of benzene rings is 2. The van der Waals surface area contributed by atoms with Crippen LogP contribution in [0, 0.1) is 6.92 Å². The minimum absolute atomic E-state index is 0.0743. The largest absolute Gasteiger partial charge is 0.497 e. The highest BCUT2D eigenvalue weighted by Crippen LogP contribution is 2.19. The number of amides is 1. The third-order valence-electron chi connectivity index (χ3n) is 4.13. The summed E-state index contributed by atoms with van der Waals surface area (Å²) in [4.78, 5) is 12.1. The van der Waals surface area contributed by atoms with Crippen LogP contribution in [0.3, 0.4) is 0 Å². The van der Waals surface area contributed by atoms with Crippen molar-refractivity contribution in [2.24, 2.45) is 7.05 Å². The van der Waals surface area contributed by atoms with Gasteiger partial charge in [0.25, 0.3) is 0 Å². The number of hydrogen-bond donors (Lipinski definition) is 2. The Labute approximate surface area is 168 Å². The first-order valence-electron chi connectivity index (χ1n) is 8.80. The van der Waals surface area contributed by atoms with Gasteiger partial charge in [0.15, 0.2) is 11.0 Å². The topological polar surface area (TPSA) is 81.1 Å². The van der Waals surface area contributed by atoms with Crippen LogP contribution in [0.4, 0.5) is 11.4 Å². The molecule has 2 aromatic carbocycles. The van der Waals surface area contributed by atoms with Crippen LogP contribution in [-0.2, 0) is 18.4 Å². The highest BCUT2D eigenvalue weighted by molar-refractivity contribution is 7.99. The summed E-state index contributed by atoms with van der Waals surface area (Å²) >= 11 is 1.36. The summed E-state index contributed by atoms with van der Waals surface area (Å²) in [7, 11) is 3.54. The summed E-state index contributed by atoms with van der Waals surface area (Å²) < 4.78 is 7.04. The Morgan fingerprint density at radius 2 is 1.75 bits per heavy atom. The number of nitrogens with zero attached hydrogens (tertiary/aromatic N) is 3. The molecule has 1 amide bonds. The van der Waals surface area contributed by atoms with Gasteiger partial charge in [0.05, 0.1) is 19.4 Å². The van der Waals surface area contributed by atoms with Crippen LogP contribution in [0.25, 0.3) is 0 Å². The maximum absolute atomic E-state index is 12.1. The van der Waals surface area contributed by atoms with E-state index < -0.39 is 0 Å². The molecule has 1 aromatic heterocycles. The van der Waals surface area contributed by atoms with Crippen molar-refractivity contribution in [1.29, 1.82) is 0 Å². The molecule has 0 bridgehead atoms. The predicted molar refractivity (Wildman–Crippen MR) is 112 cm³/mol. The summed E-state index contributed by atoms with van der Waals surface area (Å²) in [6.07, 6.45) is 0. The van der Waals surface area contributed by atoms with Crippen LogP contribution >= 0.6 is 11.8 Å². The van der Waals surface area contributed by atoms with E-state index in [0.717, 1.165) is 28.5 Å². The summed E-state index contributed by atoms with van der Waals surface area (Å²) in [6.45, 7) is 2.54. The first-order valence-corrected chi connectivity index (χ1v) is 9.79. The van der Waals surface area contributed by atoms with Crippen molar-refractivity contribution < 1.29 is 9.53 Å².